The predicted molar refractivity (Wildman–Crippen MR) is 219 cm³/mol. The van der Waals surface area contributed by atoms with Gasteiger partial charge in [-0.1, -0.05) is 109 Å². The number of ketones is 1. The molecular formula is C40H38CuN6O2PS2+. The van der Waals surface area contributed by atoms with Crippen LogP contribution in [0.5, 0.6) is 0 Å². The number of nitrogens with zero attached hydrogens (tertiary/aromatic N) is 4. The number of nitrogens with one attached hydrogen (secondary N) is 2. The topological polar surface area (TPSA) is 99.8 Å². The van der Waals surface area contributed by atoms with Crippen LogP contribution in [0.25, 0.3) is 0 Å². The molecule has 0 atom stereocenters. The number of ether oxygens (including phenoxy) is 1. The van der Waals surface area contributed by atoms with E-state index in [1.807, 2.05) is 48.5 Å². The number of hydrogen-bond donors (Lipinski definition) is 2. The maximum absolute atomic E-state index is 11.9. The van der Waals surface area contributed by atoms with Gasteiger partial charge in [-0.15, -0.1) is 10.2 Å². The van der Waals surface area contributed by atoms with Crippen molar-refractivity contribution in [1.82, 2.24) is 10.6 Å². The van der Waals surface area contributed by atoms with Crippen molar-refractivity contribution in [2.24, 2.45) is 20.4 Å². The normalized spacial score (nSPS) is 12.5. The number of hydrogen-bond acceptors (Lipinski definition) is 8. The first kappa shape index (κ1) is 40.2. The number of Topliss-reactive ketones (excluding diaryl/α,β-unsaturated/α-hetero) is 1. The predicted octanol–water partition coefficient (Wildman–Crippen LogP) is 5.58. The van der Waals surface area contributed by atoms with Crippen LogP contribution in [-0.2, 0) is 47.1 Å². The van der Waals surface area contributed by atoms with E-state index in [-0.39, 0.29) is 33.2 Å². The fourth-order valence-corrected chi connectivity index (χ4v) is 9.34. The van der Waals surface area contributed by atoms with Crippen molar-refractivity contribution < 1.29 is 26.6 Å². The zero-order chi connectivity index (χ0) is 35.9. The van der Waals surface area contributed by atoms with Crippen molar-refractivity contribution in [3.8, 4) is 0 Å². The first-order chi connectivity index (χ1) is 24.9. The van der Waals surface area contributed by atoms with E-state index in [0.717, 1.165) is 5.56 Å². The van der Waals surface area contributed by atoms with Gasteiger partial charge in [-0.3, -0.25) is 4.79 Å². The number of rotatable bonds is 14. The van der Waals surface area contributed by atoms with E-state index in [0.29, 0.717) is 42.0 Å². The van der Waals surface area contributed by atoms with Gasteiger partial charge in [0.1, 0.15) is 34.6 Å². The van der Waals surface area contributed by atoms with Crippen molar-refractivity contribution in [1.29, 1.82) is 0 Å². The van der Waals surface area contributed by atoms with E-state index in [4.69, 9.17) is 30.0 Å². The molecule has 52 heavy (non-hydrogen) atoms. The van der Waals surface area contributed by atoms with Crippen LogP contribution >= 0.6 is 7.26 Å². The van der Waals surface area contributed by atoms with Crippen LogP contribution in [0.3, 0.4) is 0 Å². The summed E-state index contributed by atoms with van der Waals surface area (Å²) in [4.78, 5) is 11.9. The Morgan fingerprint density at radius 2 is 1.00 bits per heavy atom. The molecule has 0 aliphatic rings. The summed E-state index contributed by atoms with van der Waals surface area (Å²) in [6, 6.07) is 48.4. The van der Waals surface area contributed by atoms with Crippen LogP contribution in [0.2, 0.25) is 0 Å². The molecule has 0 bridgehead atoms. The molecule has 0 spiro atoms. The molecule has 0 amide bonds. The summed E-state index contributed by atoms with van der Waals surface area (Å²) in [6.45, 7) is 2.35. The van der Waals surface area contributed by atoms with Crippen molar-refractivity contribution in [2.45, 2.75) is 6.92 Å². The Morgan fingerprint density at radius 3 is 1.44 bits per heavy atom. The first-order valence-electron chi connectivity index (χ1n) is 16.3. The summed E-state index contributed by atoms with van der Waals surface area (Å²) in [5, 5.41) is 27.7. The SMILES string of the molecule is CN/C([S-])=N/N=C(/C(=N/N=C(\[S-])NCCOC[P+](c1ccccc1)(c1ccccc1)c1ccccc1)c1ccccc1)c1ccc(C(C)=O)cc1.[Cu+2]. The van der Waals surface area contributed by atoms with Gasteiger partial charge in [0.25, 0.3) is 0 Å². The Hall–Kier alpha value is -4.60. The average molecular weight is 793 g/mol. The second-order valence-electron chi connectivity index (χ2n) is 11.2. The number of carbonyl (C=O) groups is 1. The van der Waals surface area contributed by atoms with Gasteiger partial charge in [-0.25, -0.2) is 0 Å². The zero-order valence-corrected chi connectivity index (χ0v) is 32.1. The monoisotopic (exact) mass is 792 g/mol. The summed E-state index contributed by atoms with van der Waals surface area (Å²) >= 11 is 10.8. The second kappa shape index (κ2) is 20.4. The molecule has 0 heterocycles. The molecule has 5 aromatic carbocycles. The average Bonchev–Trinajstić information content (AvgIpc) is 3.19. The third kappa shape index (κ3) is 10.5. The van der Waals surface area contributed by atoms with Crippen molar-refractivity contribution in [3.05, 3.63) is 162 Å². The zero-order valence-electron chi connectivity index (χ0n) is 28.6. The van der Waals surface area contributed by atoms with Gasteiger partial charge < -0.3 is 40.6 Å². The van der Waals surface area contributed by atoms with Crippen LogP contribution in [0.1, 0.15) is 28.4 Å². The molecule has 0 aliphatic heterocycles. The van der Waals surface area contributed by atoms with Crippen LogP contribution < -0.4 is 26.5 Å². The maximum Gasteiger partial charge on any atom is 2.00 e. The molecule has 0 fully saturated rings. The minimum absolute atomic E-state index is 0. The third-order valence-electron chi connectivity index (χ3n) is 7.93. The van der Waals surface area contributed by atoms with E-state index in [2.05, 4.69) is 104 Å². The van der Waals surface area contributed by atoms with Gasteiger partial charge in [-0.2, -0.15) is 10.2 Å². The molecule has 267 valence electrons. The Balaban J connectivity index is 0.00000605. The molecule has 1 radical (unpaired) electrons. The summed E-state index contributed by atoms with van der Waals surface area (Å²) < 4.78 is 6.47. The molecule has 0 unspecified atom stereocenters. The first-order valence-corrected chi connectivity index (χ1v) is 19.1. The second-order valence-corrected chi connectivity index (χ2v) is 15.4. The van der Waals surface area contributed by atoms with E-state index in [9.17, 15) is 4.79 Å². The summed E-state index contributed by atoms with van der Waals surface area (Å²) in [5.74, 6) is -0.0406. The Bertz CT molecular complexity index is 1900. The molecule has 0 saturated heterocycles. The van der Waals surface area contributed by atoms with Crippen LogP contribution in [0.15, 0.2) is 166 Å². The molecule has 0 aromatic heterocycles. The molecular weight excluding hydrogens is 755 g/mol. The van der Waals surface area contributed by atoms with Gasteiger partial charge in [0.2, 0.25) is 0 Å². The van der Waals surface area contributed by atoms with Gasteiger partial charge in [0, 0.05) is 30.3 Å². The molecule has 0 aliphatic carbocycles. The number of amidine groups is 2. The van der Waals surface area contributed by atoms with Crippen molar-refractivity contribution in [2.75, 3.05) is 26.5 Å². The number of carbonyl (C=O) groups excluding carboxylic acids is 1. The summed E-state index contributed by atoms with van der Waals surface area (Å²) in [7, 11) is -0.454. The van der Waals surface area contributed by atoms with Crippen molar-refractivity contribution in [3.63, 3.8) is 0 Å². The van der Waals surface area contributed by atoms with Gasteiger partial charge in [-0.05, 0) is 53.7 Å². The Morgan fingerprint density at radius 1 is 0.596 bits per heavy atom. The molecule has 5 aromatic rings. The fraction of sp³-hybridized carbons (Fsp3) is 0.125. The largest absolute Gasteiger partial charge is 2.00 e. The Kier molecular flexibility index (Phi) is 15.8. The van der Waals surface area contributed by atoms with E-state index in [1.54, 1.807) is 31.3 Å². The van der Waals surface area contributed by atoms with Crippen LogP contribution in [-0.4, -0.2) is 54.1 Å². The summed E-state index contributed by atoms with van der Waals surface area (Å²) in [5.41, 5.74) is 2.83. The summed E-state index contributed by atoms with van der Waals surface area (Å²) in [6.07, 6.45) is 0.521. The smallest absolute Gasteiger partial charge is 0.741 e. The molecule has 5 rings (SSSR count). The third-order valence-corrected chi connectivity index (χ3v) is 12.6. The molecule has 8 nitrogen and oxygen atoms in total. The fourth-order valence-electron chi connectivity index (χ4n) is 5.37. The van der Waals surface area contributed by atoms with E-state index < -0.39 is 7.26 Å². The van der Waals surface area contributed by atoms with Crippen LogP contribution in [0.4, 0.5) is 0 Å². The standard InChI is InChI=1S/C40H39N6O2PS2.Cu/c1-30(47)31-23-25-33(26-24-31)38(43-45-39(50)41-2)37(32-15-7-3-8-16-32)44-46-40(51)42-27-28-48-29-49(34-17-9-4-10-18-34,35-19-11-5-12-20-35)36-21-13-6-14-22-36;/h3-26H,27-29H2,1-2H3,(H3-,41,42,43,44,45,46,47,50,51);/q;+2/p-1. The molecule has 12 heteroatoms. The number of benzene rings is 5. The van der Waals surface area contributed by atoms with Crippen LogP contribution in [0, 0.1) is 0 Å². The quantitative estimate of drug-likeness (QED) is 0.0223. The van der Waals surface area contributed by atoms with Gasteiger partial charge in [0.05, 0.1) is 6.61 Å². The molecule has 0 saturated carbocycles. The Labute approximate surface area is 327 Å². The van der Waals surface area contributed by atoms with E-state index >= 15 is 0 Å². The van der Waals surface area contributed by atoms with Gasteiger partial charge in [0.15, 0.2) is 12.1 Å². The molecule has 2 N–H and O–H groups in total. The minimum atomic E-state index is -2.12. The van der Waals surface area contributed by atoms with Gasteiger partial charge >= 0.3 is 17.1 Å². The maximum atomic E-state index is 11.9. The van der Waals surface area contributed by atoms with Crippen molar-refractivity contribution >= 4 is 76.0 Å². The minimum Gasteiger partial charge on any atom is -0.741 e. The van der Waals surface area contributed by atoms with E-state index in [1.165, 1.54) is 22.8 Å².